The van der Waals surface area contributed by atoms with E-state index in [9.17, 15) is 4.79 Å². The van der Waals surface area contributed by atoms with Gasteiger partial charge in [0.25, 0.3) is 0 Å². The topological polar surface area (TPSA) is 23.6 Å². The summed E-state index contributed by atoms with van der Waals surface area (Å²) in [6.07, 6.45) is 2.55. The lowest BCUT2D eigenvalue weighted by Crippen LogP contribution is -2.46. The monoisotopic (exact) mass is 450 g/mol. The molecule has 0 aliphatic heterocycles. The van der Waals surface area contributed by atoms with Crippen molar-refractivity contribution in [1.82, 2.24) is 0 Å². The molecule has 0 saturated carbocycles. The Morgan fingerprint density at radius 1 is 1.04 bits per heavy atom. The van der Waals surface area contributed by atoms with Crippen LogP contribution in [0.25, 0.3) is 0 Å². The van der Waals surface area contributed by atoms with Crippen LogP contribution in [-0.4, -0.2) is 19.1 Å². The minimum Gasteiger partial charge on any atom is -0.297 e. The third kappa shape index (κ3) is 4.48. The number of hydrogen-bond donors (Lipinski definition) is 0. The molecule has 24 heavy (non-hydrogen) atoms. The molecule has 0 saturated heterocycles. The molecule has 0 bridgehead atoms. The molecule has 0 heterocycles. The molecule has 126 valence electrons. The van der Waals surface area contributed by atoms with Gasteiger partial charge in [0.1, 0.15) is 0 Å². The molecule has 1 atom stereocenters. The number of carbonyl (C=O) groups excluding carboxylic acids is 1. The van der Waals surface area contributed by atoms with Crippen LogP contribution in [0.3, 0.4) is 0 Å². The van der Waals surface area contributed by atoms with E-state index in [2.05, 4.69) is 38.4 Å². The third-order valence-electron chi connectivity index (χ3n) is 3.76. The van der Waals surface area contributed by atoms with E-state index < -0.39 is 0 Å². The van der Waals surface area contributed by atoms with Crippen molar-refractivity contribution in [2.75, 3.05) is 16.8 Å². The van der Waals surface area contributed by atoms with E-state index in [1.165, 1.54) is 0 Å². The van der Waals surface area contributed by atoms with Crippen molar-refractivity contribution >= 4 is 49.3 Å². The molecule has 0 aliphatic rings. The lowest BCUT2D eigenvalue weighted by molar-refractivity contribution is 0.250. The van der Waals surface area contributed by atoms with Crippen LogP contribution >= 0.6 is 31.9 Å². The number of urea groups is 1. The van der Waals surface area contributed by atoms with Crippen LogP contribution < -0.4 is 9.80 Å². The molecule has 2 aromatic rings. The summed E-state index contributed by atoms with van der Waals surface area (Å²) in [4.78, 5) is 16.6. The molecule has 3 nitrogen and oxygen atoms in total. The van der Waals surface area contributed by atoms with E-state index >= 15 is 0 Å². The highest BCUT2D eigenvalue weighted by Crippen LogP contribution is 2.25. The number of hydrogen-bond acceptors (Lipinski definition) is 1. The normalized spacial score (nSPS) is 11.7. The van der Waals surface area contributed by atoms with Crippen molar-refractivity contribution in [3.05, 3.63) is 70.1 Å². The van der Waals surface area contributed by atoms with Crippen molar-refractivity contribution in [3.8, 4) is 0 Å². The zero-order valence-corrected chi connectivity index (χ0v) is 16.9. The Morgan fingerprint density at radius 2 is 1.50 bits per heavy atom. The van der Waals surface area contributed by atoms with Gasteiger partial charge in [0, 0.05) is 33.4 Å². The van der Waals surface area contributed by atoms with Crippen molar-refractivity contribution < 1.29 is 4.79 Å². The standard InChI is InChI=1S/C19H20Br2N2O/c1-4-5-14(2)23(18-12-8-16(21)9-13-18)19(24)22(3)17-10-6-15(20)7-11-17/h4,6-14H,1,5H2,2-3H3. The van der Waals surface area contributed by atoms with Crippen molar-refractivity contribution in [2.24, 2.45) is 0 Å². The summed E-state index contributed by atoms with van der Waals surface area (Å²) in [7, 11) is 1.79. The van der Waals surface area contributed by atoms with Gasteiger partial charge in [-0.3, -0.25) is 9.80 Å². The summed E-state index contributed by atoms with van der Waals surface area (Å²) < 4.78 is 1.97. The molecule has 5 heteroatoms. The van der Waals surface area contributed by atoms with E-state index in [1.807, 2.05) is 61.5 Å². The van der Waals surface area contributed by atoms with Crippen LogP contribution in [0.2, 0.25) is 0 Å². The van der Waals surface area contributed by atoms with Gasteiger partial charge in [-0.1, -0.05) is 37.9 Å². The highest BCUT2D eigenvalue weighted by Gasteiger charge is 2.25. The van der Waals surface area contributed by atoms with E-state index in [0.29, 0.717) is 0 Å². The van der Waals surface area contributed by atoms with Gasteiger partial charge in [0.2, 0.25) is 0 Å². The Bertz CT molecular complexity index is 698. The van der Waals surface area contributed by atoms with Crippen molar-refractivity contribution in [1.29, 1.82) is 0 Å². The molecule has 0 fully saturated rings. The first-order valence-electron chi connectivity index (χ1n) is 7.63. The lowest BCUT2D eigenvalue weighted by Gasteiger charge is -2.33. The number of anilines is 2. The molecule has 0 aliphatic carbocycles. The van der Waals surface area contributed by atoms with E-state index in [-0.39, 0.29) is 12.1 Å². The fourth-order valence-corrected chi connectivity index (χ4v) is 2.97. The average Bonchev–Trinajstić information content (AvgIpc) is 2.57. The van der Waals surface area contributed by atoms with Gasteiger partial charge >= 0.3 is 6.03 Å². The van der Waals surface area contributed by atoms with Crippen molar-refractivity contribution in [3.63, 3.8) is 0 Å². The fraction of sp³-hybridized carbons (Fsp3) is 0.211. The Hall–Kier alpha value is -1.59. The van der Waals surface area contributed by atoms with Crippen LogP contribution in [0.15, 0.2) is 70.1 Å². The number of nitrogens with zero attached hydrogens (tertiary/aromatic N) is 2. The van der Waals surface area contributed by atoms with Crippen LogP contribution in [0.5, 0.6) is 0 Å². The molecular formula is C19H20Br2N2O. The first kappa shape index (κ1) is 18.7. The van der Waals surface area contributed by atoms with Gasteiger partial charge in [-0.2, -0.15) is 0 Å². The predicted octanol–water partition coefficient (Wildman–Crippen LogP) is 6.24. The maximum atomic E-state index is 13.1. The van der Waals surface area contributed by atoms with E-state index in [1.54, 1.807) is 16.8 Å². The number of amides is 2. The van der Waals surface area contributed by atoms with Crippen LogP contribution in [-0.2, 0) is 0 Å². The molecule has 2 rings (SSSR count). The first-order valence-corrected chi connectivity index (χ1v) is 9.21. The molecule has 0 spiro atoms. The predicted molar refractivity (Wildman–Crippen MR) is 109 cm³/mol. The Kier molecular flexibility index (Phi) is 6.63. The molecule has 0 radical (unpaired) electrons. The zero-order chi connectivity index (χ0) is 17.7. The summed E-state index contributed by atoms with van der Waals surface area (Å²) >= 11 is 6.86. The first-order chi connectivity index (χ1) is 11.4. The average molecular weight is 452 g/mol. The zero-order valence-electron chi connectivity index (χ0n) is 13.7. The largest absolute Gasteiger partial charge is 0.328 e. The molecule has 1 unspecified atom stereocenters. The summed E-state index contributed by atoms with van der Waals surface area (Å²) in [5.41, 5.74) is 1.71. The molecule has 2 amide bonds. The summed E-state index contributed by atoms with van der Waals surface area (Å²) in [5.74, 6) is 0. The highest BCUT2D eigenvalue weighted by atomic mass is 79.9. The number of rotatable bonds is 5. The second-order valence-corrected chi connectivity index (χ2v) is 7.37. The number of halogens is 2. The van der Waals surface area contributed by atoms with E-state index in [0.717, 1.165) is 26.7 Å². The Morgan fingerprint density at radius 3 is 1.96 bits per heavy atom. The maximum absolute atomic E-state index is 13.1. The van der Waals surface area contributed by atoms with Crippen LogP contribution in [0.1, 0.15) is 13.3 Å². The van der Waals surface area contributed by atoms with Gasteiger partial charge < -0.3 is 0 Å². The minimum absolute atomic E-state index is 0.00840. The third-order valence-corrected chi connectivity index (χ3v) is 4.82. The molecule has 0 N–H and O–H groups in total. The Balaban J connectivity index is 2.34. The SMILES string of the molecule is C=CCC(C)N(C(=O)N(C)c1ccc(Br)cc1)c1ccc(Br)cc1. The van der Waals surface area contributed by atoms with Gasteiger partial charge in [0.15, 0.2) is 0 Å². The van der Waals surface area contributed by atoms with Crippen LogP contribution in [0.4, 0.5) is 16.2 Å². The van der Waals surface area contributed by atoms with Gasteiger partial charge in [-0.05, 0) is 61.9 Å². The smallest absolute Gasteiger partial charge is 0.297 e. The molecule has 0 aromatic heterocycles. The lowest BCUT2D eigenvalue weighted by atomic mass is 10.1. The molecule has 2 aromatic carbocycles. The van der Waals surface area contributed by atoms with Gasteiger partial charge in [-0.25, -0.2) is 4.79 Å². The maximum Gasteiger partial charge on any atom is 0.328 e. The van der Waals surface area contributed by atoms with Crippen molar-refractivity contribution in [2.45, 2.75) is 19.4 Å². The highest BCUT2D eigenvalue weighted by molar-refractivity contribution is 9.10. The van der Waals surface area contributed by atoms with Gasteiger partial charge in [0.05, 0.1) is 0 Å². The fourth-order valence-electron chi connectivity index (χ4n) is 2.44. The summed E-state index contributed by atoms with van der Waals surface area (Å²) in [6, 6.07) is 15.4. The molecular weight excluding hydrogens is 432 g/mol. The van der Waals surface area contributed by atoms with E-state index in [4.69, 9.17) is 0 Å². The Labute approximate surface area is 160 Å². The quantitative estimate of drug-likeness (QED) is 0.493. The van der Waals surface area contributed by atoms with Gasteiger partial charge in [-0.15, -0.1) is 6.58 Å². The number of benzene rings is 2. The number of carbonyl (C=O) groups is 1. The second-order valence-electron chi connectivity index (χ2n) is 5.54. The summed E-state index contributed by atoms with van der Waals surface area (Å²) in [6.45, 7) is 5.82. The second kappa shape index (κ2) is 8.49. The summed E-state index contributed by atoms with van der Waals surface area (Å²) in [5, 5.41) is 0. The van der Waals surface area contributed by atoms with Crippen LogP contribution in [0, 0.1) is 0 Å². The minimum atomic E-state index is -0.0750.